The van der Waals surface area contributed by atoms with Crippen LogP contribution in [0, 0.1) is 0 Å². The number of rotatable bonds is 2. The van der Waals surface area contributed by atoms with E-state index in [0.29, 0.717) is 11.3 Å². The Labute approximate surface area is 69.5 Å². The lowest BCUT2D eigenvalue weighted by Gasteiger charge is -1.90. The highest BCUT2D eigenvalue weighted by Crippen LogP contribution is 2.11. The Morgan fingerprint density at radius 3 is 3.00 bits per heavy atom. The maximum Gasteiger partial charge on any atom is 0.235 e. The van der Waals surface area contributed by atoms with E-state index in [0.717, 1.165) is 0 Å². The maximum atomic E-state index is 11.4. The Kier molecular flexibility index (Phi) is 1.54. The van der Waals surface area contributed by atoms with Crippen LogP contribution in [0.3, 0.4) is 0 Å². The third kappa shape index (κ3) is 1.04. The average molecular weight is 158 g/mol. The number of carbonyl (C=O) groups is 1. The molecule has 0 unspecified atom stereocenters. The van der Waals surface area contributed by atoms with Crippen LogP contribution in [0.2, 0.25) is 0 Å². The van der Waals surface area contributed by atoms with E-state index in [1.54, 1.807) is 30.4 Å². The first-order valence-electron chi connectivity index (χ1n) is 3.59. The van der Waals surface area contributed by atoms with E-state index >= 15 is 0 Å². The van der Waals surface area contributed by atoms with Gasteiger partial charge in [-0.3, -0.25) is 4.79 Å². The molecule has 1 aromatic heterocycles. The third-order valence-corrected chi connectivity index (χ3v) is 1.59. The highest BCUT2D eigenvalue weighted by molar-refractivity contribution is 6.08. The summed E-state index contributed by atoms with van der Waals surface area (Å²) in [4.78, 5) is 11.4. The zero-order chi connectivity index (χ0) is 8.39. The SMILES string of the molecule is O=C(C1=C=CC=C1)c1ccco1. The van der Waals surface area contributed by atoms with Crippen LogP contribution >= 0.6 is 0 Å². The molecule has 0 bridgehead atoms. The smallest absolute Gasteiger partial charge is 0.235 e. The first-order chi connectivity index (χ1) is 5.88. The Morgan fingerprint density at radius 1 is 1.50 bits per heavy atom. The molecule has 58 valence electrons. The summed E-state index contributed by atoms with van der Waals surface area (Å²) in [5, 5.41) is 0. The zero-order valence-corrected chi connectivity index (χ0v) is 6.28. The lowest BCUT2D eigenvalue weighted by molar-refractivity contribution is 0.101. The van der Waals surface area contributed by atoms with Crippen LogP contribution in [0.4, 0.5) is 0 Å². The number of carbonyl (C=O) groups excluding carboxylic acids is 1. The molecule has 2 heteroatoms. The molecule has 0 atom stereocenters. The summed E-state index contributed by atoms with van der Waals surface area (Å²) in [6.45, 7) is 0. The fraction of sp³-hybridized carbons (Fsp3) is 0. The van der Waals surface area contributed by atoms with E-state index in [2.05, 4.69) is 5.73 Å². The molecule has 2 nitrogen and oxygen atoms in total. The average Bonchev–Trinajstić information content (AvgIpc) is 2.77. The summed E-state index contributed by atoms with van der Waals surface area (Å²) in [5.74, 6) is 0.238. The van der Waals surface area contributed by atoms with E-state index in [4.69, 9.17) is 4.42 Å². The summed E-state index contributed by atoms with van der Waals surface area (Å²) in [6.07, 6.45) is 6.67. The number of Topliss-reactive ketones (excluding diaryl/α,β-unsaturated/α-hetero) is 1. The van der Waals surface area contributed by atoms with E-state index in [1.807, 2.05) is 0 Å². The molecular formula is C10H6O2. The maximum absolute atomic E-state index is 11.4. The van der Waals surface area contributed by atoms with Gasteiger partial charge >= 0.3 is 0 Å². The van der Waals surface area contributed by atoms with Gasteiger partial charge in [0.2, 0.25) is 5.78 Å². The van der Waals surface area contributed by atoms with Crippen molar-refractivity contribution in [2.24, 2.45) is 0 Å². The number of allylic oxidation sites excluding steroid dienone is 3. The van der Waals surface area contributed by atoms with Crippen LogP contribution in [0.1, 0.15) is 10.6 Å². The number of hydrogen-bond acceptors (Lipinski definition) is 2. The topological polar surface area (TPSA) is 30.2 Å². The third-order valence-electron chi connectivity index (χ3n) is 1.59. The van der Waals surface area contributed by atoms with Gasteiger partial charge in [0.25, 0.3) is 0 Å². The lowest BCUT2D eigenvalue weighted by atomic mass is 10.1. The van der Waals surface area contributed by atoms with E-state index in [9.17, 15) is 4.79 Å². The summed E-state index contributed by atoms with van der Waals surface area (Å²) in [7, 11) is 0. The molecule has 0 aliphatic heterocycles. The van der Waals surface area contributed by atoms with E-state index in [-0.39, 0.29) is 5.78 Å². The Bertz CT molecular complexity index is 387. The molecule has 0 amide bonds. The van der Waals surface area contributed by atoms with Crippen molar-refractivity contribution in [2.45, 2.75) is 0 Å². The number of furan rings is 1. The standard InChI is InChI=1S/C10H6O2/c11-10(8-4-1-2-5-8)9-6-3-7-12-9/h1-4,6-7H. The van der Waals surface area contributed by atoms with Crippen molar-refractivity contribution in [3.8, 4) is 0 Å². The number of hydrogen-bond donors (Lipinski definition) is 0. The Morgan fingerprint density at radius 2 is 2.42 bits per heavy atom. The molecule has 1 aromatic rings. The van der Waals surface area contributed by atoms with Gasteiger partial charge in [0.05, 0.1) is 11.8 Å². The van der Waals surface area contributed by atoms with Crippen LogP contribution in [0.15, 0.2) is 52.3 Å². The van der Waals surface area contributed by atoms with Crippen molar-refractivity contribution >= 4 is 5.78 Å². The second-order valence-electron chi connectivity index (χ2n) is 2.39. The molecule has 0 N–H and O–H groups in total. The minimum atomic E-state index is -0.120. The summed E-state index contributed by atoms with van der Waals surface area (Å²) in [5.41, 5.74) is 3.36. The predicted molar refractivity (Wildman–Crippen MR) is 43.8 cm³/mol. The van der Waals surface area contributed by atoms with Crippen LogP contribution in [0.25, 0.3) is 0 Å². The van der Waals surface area contributed by atoms with E-state index in [1.165, 1.54) is 6.26 Å². The normalized spacial score (nSPS) is 13.5. The van der Waals surface area contributed by atoms with Crippen molar-refractivity contribution < 1.29 is 9.21 Å². The lowest BCUT2D eigenvalue weighted by Crippen LogP contribution is -1.97. The minimum Gasteiger partial charge on any atom is -0.461 e. The van der Waals surface area contributed by atoms with Crippen molar-refractivity contribution in [3.05, 3.63) is 53.7 Å². The molecular weight excluding hydrogens is 152 g/mol. The van der Waals surface area contributed by atoms with Crippen LogP contribution in [0.5, 0.6) is 0 Å². The largest absolute Gasteiger partial charge is 0.461 e. The van der Waals surface area contributed by atoms with Crippen molar-refractivity contribution in [1.82, 2.24) is 0 Å². The first-order valence-corrected chi connectivity index (χ1v) is 3.59. The second kappa shape index (κ2) is 2.68. The summed E-state index contributed by atoms with van der Waals surface area (Å²) >= 11 is 0. The van der Waals surface area contributed by atoms with Crippen LogP contribution < -0.4 is 0 Å². The van der Waals surface area contributed by atoms with Gasteiger partial charge in [-0.2, -0.15) is 0 Å². The molecule has 1 aliphatic rings. The highest BCUT2D eigenvalue weighted by atomic mass is 16.3. The second-order valence-corrected chi connectivity index (χ2v) is 2.39. The van der Waals surface area contributed by atoms with E-state index < -0.39 is 0 Å². The van der Waals surface area contributed by atoms with Gasteiger partial charge in [-0.15, -0.1) is 5.73 Å². The molecule has 0 fully saturated rings. The van der Waals surface area contributed by atoms with Crippen molar-refractivity contribution in [2.75, 3.05) is 0 Å². The monoisotopic (exact) mass is 158 g/mol. The molecule has 2 rings (SSSR count). The van der Waals surface area contributed by atoms with Gasteiger partial charge in [-0.05, 0) is 24.3 Å². The zero-order valence-electron chi connectivity index (χ0n) is 6.28. The Hall–Kier alpha value is -1.79. The van der Waals surface area contributed by atoms with Gasteiger partial charge in [-0.1, -0.05) is 6.08 Å². The molecule has 0 saturated carbocycles. The predicted octanol–water partition coefficient (Wildman–Crippen LogP) is 2.11. The van der Waals surface area contributed by atoms with Crippen molar-refractivity contribution in [3.63, 3.8) is 0 Å². The Balaban J connectivity index is 2.33. The van der Waals surface area contributed by atoms with Gasteiger partial charge in [0.15, 0.2) is 5.76 Å². The van der Waals surface area contributed by atoms with Crippen LogP contribution in [-0.2, 0) is 0 Å². The molecule has 0 aromatic carbocycles. The fourth-order valence-corrected chi connectivity index (χ4v) is 1.01. The van der Waals surface area contributed by atoms with Gasteiger partial charge in [-0.25, -0.2) is 0 Å². The fourth-order valence-electron chi connectivity index (χ4n) is 1.01. The summed E-state index contributed by atoms with van der Waals surface area (Å²) < 4.78 is 4.95. The quantitative estimate of drug-likeness (QED) is 0.487. The van der Waals surface area contributed by atoms with Crippen LogP contribution in [-0.4, -0.2) is 5.78 Å². The van der Waals surface area contributed by atoms with Crippen molar-refractivity contribution in [1.29, 1.82) is 0 Å². The molecule has 0 spiro atoms. The minimum absolute atomic E-state index is 0.120. The molecule has 0 saturated heterocycles. The first kappa shape index (κ1) is 6.89. The van der Waals surface area contributed by atoms with Gasteiger partial charge in [0, 0.05) is 0 Å². The van der Waals surface area contributed by atoms with Gasteiger partial charge < -0.3 is 4.42 Å². The molecule has 1 aliphatic carbocycles. The molecule has 12 heavy (non-hydrogen) atoms. The van der Waals surface area contributed by atoms with Gasteiger partial charge in [0.1, 0.15) is 0 Å². The number of ketones is 1. The summed E-state index contributed by atoms with van der Waals surface area (Å²) in [6, 6.07) is 3.33. The molecule has 0 radical (unpaired) electrons. The highest BCUT2D eigenvalue weighted by Gasteiger charge is 2.12. The molecule has 1 heterocycles.